The molecular weight excluding hydrogens is 356 g/mol. The van der Waals surface area contributed by atoms with Crippen molar-refractivity contribution in [1.82, 2.24) is 9.97 Å². The fourth-order valence-corrected chi connectivity index (χ4v) is 2.85. The molecule has 3 rings (SSSR count). The number of rotatable bonds is 6. The number of hydrogen-bond donors (Lipinski definition) is 2. The van der Waals surface area contributed by atoms with Crippen molar-refractivity contribution in [2.45, 2.75) is 13.8 Å². The Kier molecular flexibility index (Phi) is 5.74. The third-order valence-electron chi connectivity index (χ3n) is 4.04. The minimum atomic E-state index is -0.349. The number of anilines is 3. The van der Waals surface area contributed by atoms with Gasteiger partial charge in [0.05, 0.1) is 14.2 Å². The molecule has 1 heterocycles. The molecule has 1 aromatic heterocycles. The number of aromatic nitrogens is 2. The topological polar surface area (TPSA) is 85.4 Å². The van der Waals surface area contributed by atoms with Crippen molar-refractivity contribution in [3.63, 3.8) is 0 Å². The zero-order valence-corrected chi connectivity index (χ0v) is 16.2. The SMILES string of the molecule is COc1ccc(NC(=O)c2cc(Nc3cc(C)cc(C)c3)ncn2)cc1OC. The van der Waals surface area contributed by atoms with Gasteiger partial charge >= 0.3 is 0 Å². The molecule has 1 amide bonds. The van der Waals surface area contributed by atoms with Crippen molar-refractivity contribution in [2.75, 3.05) is 24.9 Å². The van der Waals surface area contributed by atoms with Crippen LogP contribution in [0.2, 0.25) is 0 Å². The minimum Gasteiger partial charge on any atom is -0.493 e. The normalized spacial score (nSPS) is 10.3. The van der Waals surface area contributed by atoms with Gasteiger partial charge in [0.25, 0.3) is 5.91 Å². The van der Waals surface area contributed by atoms with Crippen molar-refractivity contribution in [3.8, 4) is 11.5 Å². The molecule has 2 aromatic carbocycles. The van der Waals surface area contributed by atoms with E-state index in [1.807, 2.05) is 26.0 Å². The second-order valence-electron chi connectivity index (χ2n) is 6.31. The average Bonchev–Trinajstić information content (AvgIpc) is 2.67. The van der Waals surface area contributed by atoms with Crippen LogP contribution in [0.5, 0.6) is 11.5 Å². The number of ether oxygens (including phenoxy) is 2. The van der Waals surface area contributed by atoms with Gasteiger partial charge in [-0.25, -0.2) is 9.97 Å². The summed E-state index contributed by atoms with van der Waals surface area (Å²) in [7, 11) is 3.10. The van der Waals surface area contributed by atoms with E-state index in [2.05, 4.69) is 26.7 Å². The molecule has 0 aliphatic carbocycles. The van der Waals surface area contributed by atoms with Gasteiger partial charge in [-0.3, -0.25) is 4.79 Å². The number of carbonyl (C=O) groups excluding carboxylic acids is 1. The summed E-state index contributed by atoms with van der Waals surface area (Å²) in [4.78, 5) is 20.8. The van der Waals surface area contributed by atoms with Crippen LogP contribution in [-0.4, -0.2) is 30.1 Å². The van der Waals surface area contributed by atoms with Crippen molar-refractivity contribution in [2.24, 2.45) is 0 Å². The number of aryl methyl sites for hydroxylation is 2. The Labute approximate surface area is 163 Å². The molecule has 0 bridgehead atoms. The highest BCUT2D eigenvalue weighted by molar-refractivity contribution is 6.03. The summed E-state index contributed by atoms with van der Waals surface area (Å²) in [6.45, 7) is 4.06. The second-order valence-corrected chi connectivity index (χ2v) is 6.31. The lowest BCUT2D eigenvalue weighted by atomic mass is 10.1. The molecule has 0 unspecified atom stereocenters. The first-order valence-electron chi connectivity index (χ1n) is 8.69. The number of benzene rings is 2. The minimum absolute atomic E-state index is 0.247. The van der Waals surface area contributed by atoms with E-state index in [0.717, 1.165) is 16.8 Å². The molecule has 0 spiro atoms. The Bertz CT molecular complexity index is 984. The van der Waals surface area contributed by atoms with E-state index in [1.165, 1.54) is 6.33 Å². The third kappa shape index (κ3) is 4.56. The Morgan fingerprint density at radius 3 is 2.25 bits per heavy atom. The number of hydrogen-bond acceptors (Lipinski definition) is 6. The molecule has 144 valence electrons. The summed E-state index contributed by atoms with van der Waals surface area (Å²) in [5.74, 6) is 1.30. The summed E-state index contributed by atoms with van der Waals surface area (Å²) in [5.41, 5.74) is 4.01. The van der Waals surface area contributed by atoms with Gasteiger partial charge in [-0.1, -0.05) is 6.07 Å². The average molecular weight is 378 g/mol. The molecule has 0 atom stereocenters. The van der Waals surface area contributed by atoms with Crippen molar-refractivity contribution in [1.29, 1.82) is 0 Å². The van der Waals surface area contributed by atoms with Gasteiger partial charge in [0, 0.05) is 23.5 Å². The summed E-state index contributed by atoms with van der Waals surface area (Å²) in [6, 6.07) is 12.9. The van der Waals surface area contributed by atoms with Gasteiger partial charge < -0.3 is 20.1 Å². The molecule has 0 aliphatic rings. The highest BCUT2D eigenvalue weighted by Gasteiger charge is 2.12. The summed E-state index contributed by atoms with van der Waals surface area (Å²) in [5, 5.41) is 6.01. The Hall–Kier alpha value is -3.61. The van der Waals surface area contributed by atoms with Crippen LogP contribution in [0.4, 0.5) is 17.2 Å². The van der Waals surface area contributed by atoms with E-state index < -0.39 is 0 Å². The summed E-state index contributed by atoms with van der Waals surface area (Å²) >= 11 is 0. The van der Waals surface area contributed by atoms with Crippen molar-refractivity contribution in [3.05, 3.63) is 65.6 Å². The van der Waals surface area contributed by atoms with Crippen LogP contribution in [0.1, 0.15) is 21.6 Å². The summed E-state index contributed by atoms with van der Waals surface area (Å²) in [6.07, 6.45) is 1.36. The monoisotopic (exact) mass is 378 g/mol. The molecular formula is C21H22N4O3. The molecule has 0 fully saturated rings. The van der Waals surface area contributed by atoms with E-state index in [-0.39, 0.29) is 11.6 Å². The maximum Gasteiger partial charge on any atom is 0.274 e. The number of nitrogens with zero attached hydrogens (tertiary/aromatic N) is 2. The molecule has 28 heavy (non-hydrogen) atoms. The Morgan fingerprint density at radius 2 is 1.57 bits per heavy atom. The Morgan fingerprint density at radius 1 is 0.857 bits per heavy atom. The maximum atomic E-state index is 12.6. The third-order valence-corrected chi connectivity index (χ3v) is 4.04. The van der Waals surface area contributed by atoms with Crippen LogP contribution in [0.25, 0.3) is 0 Å². The first-order chi connectivity index (χ1) is 13.5. The predicted octanol–water partition coefficient (Wildman–Crippen LogP) is 4.11. The fraction of sp³-hybridized carbons (Fsp3) is 0.190. The molecule has 7 heteroatoms. The van der Waals surface area contributed by atoms with Gasteiger partial charge in [-0.2, -0.15) is 0 Å². The predicted molar refractivity (Wildman–Crippen MR) is 109 cm³/mol. The van der Waals surface area contributed by atoms with Crippen LogP contribution in [-0.2, 0) is 0 Å². The van der Waals surface area contributed by atoms with Crippen LogP contribution in [0.3, 0.4) is 0 Å². The second kappa shape index (κ2) is 8.39. The first kappa shape index (κ1) is 19.2. The Balaban J connectivity index is 1.77. The standard InChI is InChI=1S/C21H22N4O3/c1-13-7-14(2)9-16(8-13)24-20-11-17(22-12-23-20)21(26)25-15-5-6-18(27-3)19(10-15)28-4/h5-12H,1-4H3,(H,25,26)(H,22,23,24). The molecule has 0 saturated carbocycles. The zero-order chi connectivity index (χ0) is 20.1. The largest absolute Gasteiger partial charge is 0.493 e. The quantitative estimate of drug-likeness (QED) is 0.671. The van der Waals surface area contributed by atoms with Gasteiger partial charge in [0.2, 0.25) is 0 Å². The molecule has 0 aliphatic heterocycles. The molecule has 7 nitrogen and oxygen atoms in total. The first-order valence-corrected chi connectivity index (χ1v) is 8.69. The number of carbonyl (C=O) groups is 1. The van der Waals surface area contributed by atoms with Gasteiger partial charge in [-0.05, 0) is 49.2 Å². The van der Waals surface area contributed by atoms with Crippen LogP contribution in [0.15, 0.2) is 48.8 Å². The van der Waals surface area contributed by atoms with Gasteiger partial charge in [0.1, 0.15) is 17.8 Å². The summed E-state index contributed by atoms with van der Waals surface area (Å²) < 4.78 is 10.5. The van der Waals surface area contributed by atoms with E-state index in [4.69, 9.17) is 9.47 Å². The highest BCUT2D eigenvalue weighted by atomic mass is 16.5. The van der Waals surface area contributed by atoms with E-state index in [1.54, 1.807) is 38.5 Å². The smallest absolute Gasteiger partial charge is 0.274 e. The van der Waals surface area contributed by atoms with Crippen molar-refractivity contribution >= 4 is 23.1 Å². The zero-order valence-electron chi connectivity index (χ0n) is 16.2. The van der Waals surface area contributed by atoms with Gasteiger partial charge in [0.15, 0.2) is 11.5 Å². The lowest BCUT2D eigenvalue weighted by molar-refractivity contribution is 0.102. The van der Waals surface area contributed by atoms with E-state index in [0.29, 0.717) is 23.0 Å². The fourth-order valence-electron chi connectivity index (χ4n) is 2.85. The highest BCUT2D eigenvalue weighted by Crippen LogP contribution is 2.30. The lowest BCUT2D eigenvalue weighted by Gasteiger charge is -2.11. The molecule has 2 N–H and O–H groups in total. The van der Waals surface area contributed by atoms with Crippen LogP contribution < -0.4 is 20.1 Å². The van der Waals surface area contributed by atoms with Crippen LogP contribution in [0, 0.1) is 13.8 Å². The number of amides is 1. The van der Waals surface area contributed by atoms with Crippen LogP contribution >= 0.6 is 0 Å². The maximum absolute atomic E-state index is 12.6. The van der Waals surface area contributed by atoms with Gasteiger partial charge in [-0.15, -0.1) is 0 Å². The molecule has 0 saturated heterocycles. The van der Waals surface area contributed by atoms with E-state index in [9.17, 15) is 4.79 Å². The van der Waals surface area contributed by atoms with Crippen molar-refractivity contribution < 1.29 is 14.3 Å². The molecule has 3 aromatic rings. The van der Waals surface area contributed by atoms with E-state index >= 15 is 0 Å². The number of nitrogens with one attached hydrogen (secondary N) is 2. The molecule has 0 radical (unpaired) electrons. The lowest BCUT2D eigenvalue weighted by Crippen LogP contribution is -2.14. The number of methoxy groups -OCH3 is 2.